The summed E-state index contributed by atoms with van der Waals surface area (Å²) < 4.78 is 5.42. The fourth-order valence-corrected chi connectivity index (χ4v) is 4.13. The fourth-order valence-electron chi connectivity index (χ4n) is 3.68. The summed E-state index contributed by atoms with van der Waals surface area (Å²) in [4.78, 5) is 18.8. The van der Waals surface area contributed by atoms with Crippen LogP contribution < -0.4 is 14.7 Å². The van der Waals surface area contributed by atoms with Crippen molar-refractivity contribution in [2.75, 3.05) is 41.0 Å². The molecule has 5 nitrogen and oxygen atoms in total. The summed E-state index contributed by atoms with van der Waals surface area (Å²) in [6.45, 7) is 7.22. The highest BCUT2D eigenvalue weighted by Gasteiger charge is 2.41. The van der Waals surface area contributed by atoms with Crippen molar-refractivity contribution in [3.63, 3.8) is 0 Å². The standard InChI is InChI=1S/C21H23N3O2S/c1-15-5-3-4-6-19(15)24-20(25)16(2)23(21(24)27)18-9-7-17(8-10-18)22-11-13-26-14-12-22/h3-10,16H,11-14H2,1-2H3. The van der Waals surface area contributed by atoms with E-state index in [0.29, 0.717) is 5.11 Å². The van der Waals surface area contributed by atoms with E-state index in [1.54, 1.807) is 4.90 Å². The zero-order valence-electron chi connectivity index (χ0n) is 15.6. The van der Waals surface area contributed by atoms with Gasteiger partial charge in [-0.2, -0.15) is 0 Å². The number of thiocarbonyl (C=S) groups is 1. The quantitative estimate of drug-likeness (QED) is 0.762. The molecule has 2 heterocycles. The molecule has 2 aliphatic rings. The Hall–Kier alpha value is -2.44. The van der Waals surface area contributed by atoms with Gasteiger partial charge in [0.1, 0.15) is 6.04 Å². The van der Waals surface area contributed by atoms with E-state index in [1.165, 1.54) is 5.69 Å². The van der Waals surface area contributed by atoms with Crippen molar-refractivity contribution in [3.05, 3.63) is 54.1 Å². The topological polar surface area (TPSA) is 36.0 Å². The second-order valence-corrected chi connectivity index (χ2v) is 7.27. The maximum Gasteiger partial charge on any atom is 0.256 e. The molecule has 2 saturated heterocycles. The van der Waals surface area contributed by atoms with Crippen LogP contribution in [0, 0.1) is 6.92 Å². The van der Waals surface area contributed by atoms with Gasteiger partial charge >= 0.3 is 0 Å². The number of hydrogen-bond donors (Lipinski definition) is 0. The molecular weight excluding hydrogens is 358 g/mol. The molecule has 1 unspecified atom stereocenters. The Morgan fingerprint density at radius 1 is 1.00 bits per heavy atom. The Labute approximate surface area is 165 Å². The molecule has 2 aromatic carbocycles. The lowest BCUT2D eigenvalue weighted by Gasteiger charge is -2.29. The van der Waals surface area contributed by atoms with Crippen LogP contribution in [0.5, 0.6) is 0 Å². The number of rotatable bonds is 3. The van der Waals surface area contributed by atoms with Crippen molar-refractivity contribution < 1.29 is 9.53 Å². The third-order valence-electron chi connectivity index (χ3n) is 5.22. The molecule has 6 heteroatoms. The molecule has 2 aliphatic heterocycles. The van der Waals surface area contributed by atoms with Crippen LogP contribution in [-0.4, -0.2) is 43.4 Å². The molecule has 0 spiro atoms. The Morgan fingerprint density at radius 3 is 2.30 bits per heavy atom. The number of morpholine rings is 1. The average molecular weight is 382 g/mol. The summed E-state index contributed by atoms with van der Waals surface area (Å²) in [6.07, 6.45) is 0. The number of hydrogen-bond acceptors (Lipinski definition) is 4. The Kier molecular flexibility index (Phi) is 4.85. The number of anilines is 3. The van der Waals surface area contributed by atoms with E-state index in [9.17, 15) is 4.79 Å². The largest absolute Gasteiger partial charge is 0.378 e. The van der Waals surface area contributed by atoms with E-state index in [4.69, 9.17) is 17.0 Å². The minimum atomic E-state index is -0.327. The van der Waals surface area contributed by atoms with E-state index >= 15 is 0 Å². The second kappa shape index (κ2) is 7.29. The number of aryl methyl sites for hydroxylation is 1. The van der Waals surface area contributed by atoms with Crippen molar-refractivity contribution in [2.45, 2.75) is 19.9 Å². The lowest BCUT2D eigenvalue weighted by atomic mass is 10.2. The SMILES string of the molecule is Cc1ccccc1N1C(=O)C(C)N(c2ccc(N3CCOCC3)cc2)C1=S. The molecule has 0 aromatic heterocycles. The van der Waals surface area contributed by atoms with Crippen molar-refractivity contribution in [2.24, 2.45) is 0 Å². The predicted octanol–water partition coefficient (Wildman–Crippen LogP) is 3.36. The van der Waals surface area contributed by atoms with Gasteiger partial charge in [0.2, 0.25) is 0 Å². The first-order valence-electron chi connectivity index (χ1n) is 9.23. The van der Waals surface area contributed by atoms with Gasteiger partial charge in [-0.3, -0.25) is 9.69 Å². The smallest absolute Gasteiger partial charge is 0.256 e. The van der Waals surface area contributed by atoms with Crippen LogP contribution in [0.15, 0.2) is 48.5 Å². The maximum absolute atomic E-state index is 12.9. The summed E-state index contributed by atoms with van der Waals surface area (Å²) in [6, 6.07) is 15.8. The summed E-state index contributed by atoms with van der Waals surface area (Å²) in [5, 5.41) is 0.529. The Morgan fingerprint density at radius 2 is 1.63 bits per heavy atom. The normalized spacial score (nSPS) is 20.5. The zero-order valence-corrected chi connectivity index (χ0v) is 16.4. The molecule has 140 valence electrons. The van der Waals surface area contributed by atoms with Crippen molar-refractivity contribution >= 4 is 40.3 Å². The molecule has 2 aromatic rings. The first-order chi connectivity index (χ1) is 13.1. The number of nitrogens with zero attached hydrogens (tertiary/aromatic N) is 3. The Balaban J connectivity index is 1.61. The van der Waals surface area contributed by atoms with Gasteiger partial charge in [-0.1, -0.05) is 18.2 Å². The summed E-state index contributed by atoms with van der Waals surface area (Å²) in [5.74, 6) is 0.00607. The molecule has 27 heavy (non-hydrogen) atoms. The lowest BCUT2D eigenvalue weighted by molar-refractivity contribution is -0.117. The average Bonchev–Trinajstić information content (AvgIpc) is 2.92. The van der Waals surface area contributed by atoms with Crippen molar-refractivity contribution in [1.82, 2.24) is 0 Å². The number of carbonyl (C=O) groups is 1. The summed E-state index contributed by atoms with van der Waals surface area (Å²) >= 11 is 5.70. The molecule has 0 radical (unpaired) electrons. The van der Waals surface area contributed by atoms with E-state index in [2.05, 4.69) is 17.0 Å². The molecule has 0 N–H and O–H groups in total. The van der Waals surface area contributed by atoms with E-state index in [1.807, 2.05) is 55.1 Å². The first kappa shape index (κ1) is 17.9. The first-order valence-corrected chi connectivity index (χ1v) is 9.64. The van der Waals surface area contributed by atoms with Crippen molar-refractivity contribution in [1.29, 1.82) is 0 Å². The Bertz CT molecular complexity index is 862. The lowest BCUT2D eigenvalue weighted by Crippen LogP contribution is -2.36. The van der Waals surface area contributed by atoms with Crippen LogP contribution in [-0.2, 0) is 9.53 Å². The van der Waals surface area contributed by atoms with Gasteiger partial charge in [0.25, 0.3) is 5.91 Å². The van der Waals surface area contributed by atoms with Crippen LogP contribution >= 0.6 is 12.2 Å². The summed E-state index contributed by atoms with van der Waals surface area (Å²) in [7, 11) is 0. The van der Waals surface area contributed by atoms with Crippen LogP contribution in [0.1, 0.15) is 12.5 Å². The maximum atomic E-state index is 12.9. The van der Waals surface area contributed by atoms with Gasteiger partial charge in [-0.15, -0.1) is 0 Å². The van der Waals surface area contributed by atoms with Crippen molar-refractivity contribution in [3.8, 4) is 0 Å². The minimum Gasteiger partial charge on any atom is -0.378 e. The number of ether oxygens (including phenoxy) is 1. The third kappa shape index (κ3) is 3.19. The highest BCUT2D eigenvalue weighted by atomic mass is 32.1. The molecule has 1 atom stereocenters. The van der Waals surface area contributed by atoms with Gasteiger partial charge in [0, 0.05) is 24.5 Å². The molecular formula is C21H23N3O2S. The van der Waals surface area contributed by atoms with Crippen LogP contribution in [0.4, 0.5) is 17.1 Å². The van der Waals surface area contributed by atoms with E-state index < -0.39 is 0 Å². The van der Waals surface area contributed by atoms with E-state index in [0.717, 1.165) is 43.2 Å². The van der Waals surface area contributed by atoms with Gasteiger partial charge < -0.3 is 14.5 Å². The highest BCUT2D eigenvalue weighted by molar-refractivity contribution is 7.81. The fraction of sp³-hybridized carbons (Fsp3) is 0.333. The third-order valence-corrected chi connectivity index (χ3v) is 5.60. The monoisotopic (exact) mass is 381 g/mol. The molecule has 2 fully saturated rings. The van der Waals surface area contributed by atoms with Crippen LogP contribution in [0.3, 0.4) is 0 Å². The molecule has 0 saturated carbocycles. The number of para-hydroxylation sites is 1. The van der Waals surface area contributed by atoms with Gasteiger partial charge in [0.15, 0.2) is 5.11 Å². The predicted molar refractivity (Wildman–Crippen MR) is 113 cm³/mol. The molecule has 0 aliphatic carbocycles. The number of benzene rings is 2. The molecule has 4 rings (SSSR count). The van der Waals surface area contributed by atoms with Crippen LogP contribution in [0.2, 0.25) is 0 Å². The van der Waals surface area contributed by atoms with Gasteiger partial charge in [-0.25, -0.2) is 0 Å². The minimum absolute atomic E-state index is 0.00607. The second-order valence-electron chi connectivity index (χ2n) is 6.90. The van der Waals surface area contributed by atoms with Gasteiger partial charge in [0.05, 0.1) is 18.9 Å². The van der Waals surface area contributed by atoms with E-state index in [-0.39, 0.29) is 11.9 Å². The van der Waals surface area contributed by atoms with Crippen LogP contribution in [0.25, 0.3) is 0 Å². The number of amides is 1. The molecule has 0 bridgehead atoms. The molecule has 1 amide bonds. The highest BCUT2D eigenvalue weighted by Crippen LogP contribution is 2.32. The number of carbonyl (C=O) groups excluding carboxylic acids is 1. The van der Waals surface area contributed by atoms with Gasteiger partial charge in [-0.05, 0) is 62.0 Å². The summed E-state index contributed by atoms with van der Waals surface area (Å²) in [5.41, 5.74) is 3.99. The zero-order chi connectivity index (χ0) is 19.0.